The molecule has 0 radical (unpaired) electrons. The first-order chi connectivity index (χ1) is 14.1. The number of carbonyl (C=O) groups excluding carboxylic acids is 1. The first-order valence-electron chi connectivity index (χ1n) is 9.98. The molecular formula is C25H24Cl2F2O. The van der Waals surface area contributed by atoms with Crippen LogP contribution in [0.25, 0.3) is 12.2 Å². The molecule has 1 nitrogen and oxygen atoms in total. The number of benzene rings is 2. The number of rotatable bonds is 4. The van der Waals surface area contributed by atoms with Crippen molar-refractivity contribution in [2.45, 2.75) is 40.0 Å². The lowest BCUT2D eigenvalue weighted by Gasteiger charge is -2.38. The van der Waals surface area contributed by atoms with Gasteiger partial charge in [-0.3, -0.25) is 4.79 Å². The van der Waals surface area contributed by atoms with Crippen LogP contribution in [0.4, 0.5) is 8.78 Å². The minimum absolute atomic E-state index is 0.0586. The number of Topliss-reactive ketones (excluding diaryl/α,β-unsaturated/α-hetero) is 1. The topological polar surface area (TPSA) is 17.1 Å². The summed E-state index contributed by atoms with van der Waals surface area (Å²) in [4.78, 5) is 13.3. The molecule has 158 valence electrons. The Morgan fingerprint density at radius 2 is 1.37 bits per heavy atom. The monoisotopic (exact) mass is 448 g/mol. The van der Waals surface area contributed by atoms with Gasteiger partial charge in [-0.25, -0.2) is 8.78 Å². The standard InChI is InChI=1S/C25H24Cl2F2O/c1-4-25(2,3)17-11-15(13-18-20(26)7-5-9-22(18)28)24(30)16(12-17)14-19-21(27)8-6-10-23(19)29/h5-10,13-14,17H,4,11-12H2,1-3H3/b15-13+,16-14+. The first-order valence-corrected chi connectivity index (χ1v) is 10.7. The second-order valence-corrected chi connectivity index (χ2v) is 9.20. The van der Waals surface area contributed by atoms with Gasteiger partial charge in [0.05, 0.1) is 10.0 Å². The Balaban J connectivity index is 2.13. The van der Waals surface area contributed by atoms with Crippen molar-refractivity contribution in [2.75, 3.05) is 0 Å². The molecule has 30 heavy (non-hydrogen) atoms. The van der Waals surface area contributed by atoms with Gasteiger partial charge < -0.3 is 0 Å². The quantitative estimate of drug-likeness (QED) is 0.431. The van der Waals surface area contributed by atoms with E-state index in [1.165, 1.54) is 36.4 Å². The van der Waals surface area contributed by atoms with Crippen LogP contribution in [0.1, 0.15) is 51.2 Å². The molecule has 0 unspecified atom stereocenters. The van der Waals surface area contributed by atoms with Crippen LogP contribution in [-0.2, 0) is 4.79 Å². The summed E-state index contributed by atoms with van der Waals surface area (Å²) in [7, 11) is 0. The first kappa shape index (κ1) is 22.7. The van der Waals surface area contributed by atoms with Crippen LogP contribution >= 0.6 is 23.2 Å². The van der Waals surface area contributed by atoms with E-state index in [0.29, 0.717) is 24.0 Å². The molecule has 3 rings (SSSR count). The van der Waals surface area contributed by atoms with Crippen LogP contribution < -0.4 is 0 Å². The molecule has 0 aliphatic heterocycles. The molecule has 2 aromatic rings. The van der Waals surface area contributed by atoms with Crippen molar-refractivity contribution >= 4 is 41.1 Å². The molecule has 5 heteroatoms. The van der Waals surface area contributed by atoms with Crippen LogP contribution in [0.5, 0.6) is 0 Å². The Hall–Kier alpha value is -1.97. The van der Waals surface area contributed by atoms with Gasteiger partial charge in [0.1, 0.15) is 11.6 Å². The van der Waals surface area contributed by atoms with Crippen LogP contribution in [0.3, 0.4) is 0 Å². The number of ketones is 1. The zero-order chi connectivity index (χ0) is 22.1. The Labute approximate surface area is 186 Å². The number of halogens is 4. The summed E-state index contributed by atoms with van der Waals surface area (Å²) in [6.07, 6.45) is 5.00. The fourth-order valence-corrected chi connectivity index (χ4v) is 4.17. The normalized spacial score (nSPS) is 20.2. The summed E-state index contributed by atoms with van der Waals surface area (Å²) in [6.45, 7) is 6.40. The molecule has 1 fully saturated rings. The highest BCUT2D eigenvalue weighted by Gasteiger charge is 2.36. The highest BCUT2D eigenvalue weighted by atomic mass is 35.5. The molecule has 0 heterocycles. The molecule has 1 saturated carbocycles. The zero-order valence-electron chi connectivity index (χ0n) is 17.2. The highest BCUT2D eigenvalue weighted by molar-refractivity contribution is 6.33. The average molecular weight is 449 g/mol. The molecule has 0 bridgehead atoms. The van der Waals surface area contributed by atoms with Crippen molar-refractivity contribution in [3.63, 3.8) is 0 Å². The summed E-state index contributed by atoms with van der Waals surface area (Å²) >= 11 is 12.4. The largest absolute Gasteiger partial charge is 0.289 e. The summed E-state index contributed by atoms with van der Waals surface area (Å²) in [5, 5.41) is 0.490. The maximum Gasteiger partial charge on any atom is 0.185 e. The molecule has 2 aromatic carbocycles. The second kappa shape index (κ2) is 9.03. The van der Waals surface area contributed by atoms with Crippen LogP contribution in [0.15, 0.2) is 47.5 Å². The molecule has 1 aliphatic rings. The minimum atomic E-state index is -0.484. The van der Waals surface area contributed by atoms with Gasteiger partial charge in [-0.15, -0.1) is 0 Å². The predicted molar refractivity (Wildman–Crippen MR) is 121 cm³/mol. The lowest BCUT2D eigenvalue weighted by atomic mass is 9.66. The van der Waals surface area contributed by atoms with E-state index in [2.05, 4.69) is 20.8 Å². The Kier molecular flexibility index (Phi) is 6.84. The van der Waals surface area contributed by atoms with Gasteiger partial charge in [0.15, 0.2) is 5.78 Å². The van der Waals surface area contributed by atoms with Gasteiger partial charge in [0.25, 0.3) is 0 Å². The van der Waals surface area contributed by atoms with Crippen molar-refractivity contribution in [3.8, 4) is 0 Å². The van der Waals surface area contributed by atoms with Crippen molar-refractivity contribution in [1.82, 2.24) is 0 Å². The number of allylic oxidation sites excluding steroid dienone is 2. The maximum absolute atomic E-state index is 14.4. The Morgan fingerprint density at radius 3 is 1.73 bits per heavy atom. The van der Waals surface area contributed by atoms with Gasteiger partial charge in [-0.2, -0.15) is 0 Å². The van der Waals surface area contributed by atoms with E-state index in [0.717, 1.165) is 6.42 Å². The van der Waals surface area contributed by atoms with Gasteiger partial charge in [0.2, 0.25) is 0 Å². The summed E-state index contributed by atoms with van der Waals surface area (Å²) in [5.74, 6) is -1.06. The van der Waals surface area contributed by atoms with E-state index in [1.807, 2.05) is 0 Å². The van der Waals surface area contributed by atoms with Crippen molar-refractivity contribution < 1.29 is 13.6 Å². The van der Waals surface area contributed by atoms with Crippen molar-refractivity contribution in [1.29, 1.82) is 0 Å². The van der Waals surface area contributed by atoms with E-state index >= 15 is 0 Å². The fraction of sp³-hybridized carbons (Fsp3) is 0.320. The molecule has 0 atom stereocenters. The molecule has 0 spiro atoms. The van der Waals surface area contributed by atoms with Gasteiger partial charge in [-0.05, 0) is 60.6 Å². The smallest absolute Gasteiger partial charge is 0.185 e. The lowest BCUT2D eigenvalue weighted by Crippen LogP contribution is -2.30. The maximum atomic E-state index is 14.4. The van der Waals surface area contributed by atoms with E-state index < -0.39 is 11.6 Å². The van der Waals surface area contributed by atoms with E-state index in [1.54, 1.807) is 12.1 Å². The SMILES string of the molecule is CCC(C)(C)C1C/C(=C\c2c(F)cccc2Cl)C(=O)/C(=C/c2c(F)cccc2Cl)C1. The number of hydrogen-bond acceptors (Lipinski definition) is 1. The lowest BCUT2D eigenvalue weighted by molar-refractivity contribution is -0.113. The van der Waals surface area contributed by atoms with E-state index in [4.69, 9.17) is 23.2 Å². The summed E-state index contributed by atoms with van der Waals surface area (Å²) in [6, 6.07) is 8.86. The van der Waals surface area contributed by atoms with Crippen molar-refractivity contribution in [2.24, 2.45) is 11.3 Å². The van der Waals surface area contributed by atoms with Gasteiger partial charge >= 0.3 is 0 Å². The van der Waals surface area contributed by atoms with Gasteiger partial charge in [-0.1, -0.05) is 62.5 Å². The Bertz CT molecular complexity index is 923. The third kappa shape index (κ3) is 4.68. The summed E-state index contributed by atoms with van der Waals surface area (Å²) < 4.78 is 28.7. The Morgan fingerprint density at radius 1 is 0.933 bits per heavy atom. The second-order valence-electron chi connectivity index (χ2n) is 8.39. The minimum Gasteiger partial charge on any atom is -0.289 e. The predicted octanol–water partition coefficient (Wildman–Crippen LogP) is 8.15. The van der Waals surface area contributed by atoms with E-state index in [9.17, 15) is 13.6 Å². The zero-order valence-corrected chi connectivity index (χ0v) is 18.7. The third-order valence-electron chi connectivity index (χ3n) is 6.17. The average Bonchev–Trinajstić information content (AvgIpc) is 2.69. The molecular weight excluding hydrogens is 425 g/mol. The molecule has 0 saturated heterocycles. The molecule has 0 N–H and O–H groups in total. The van der Waals surface area contributed by atoms with Crippen LogP contribution in [0, 0.1) is 23.0 Å². The van der Waals surface area contributed by atoms with Crippen LogP contribution in [-0.4, -0.2) is 5.78 Å². The van der Waals surface area contributed by atoms with E-state index in [-0.39, 0.29) is 38.3 Å². The highest BCUT2D eigenvalue weighted by Crippen LogP contribution is 2.44. The third-order valence-corrected chi connectivity index (χ3v) is 6.83. The molecule has 0 aromatic heterocycles. The van der Waals surface area contributed by atoms with Crippen LogP contribution in [0.2, 0.25) is 10.0 Å². The number of hydrogen-bond donors (Lipinski definition) is 0. The fourth-order valence-electron chi connectivity index (χ4n) is 3.73. The van der Waals surface area contributed by atoms with Gasteiger partial charge in [0, 0.05) is 22.3 Å². The molecule has 0 amide bonds. The summed E-state index contributed by atoms with van der Waals surface area (Å²) in [5.41, 5.74) is 1.27. The van der Waals surface area contributed by atoms with Crippen molar-refractivity contribution in [3.05, 3.63) is 80.4 Å². The molecule has 1 aliphatic carbocycles. The number of carbonyl (C=O) groups is 1.